The van der Waals surface area contributed by atoms with Crippen LogP contribution in [0.4, 0.5) is 5.13 Å². The zero-order valence-corrected chi connectivity index (χ0v) is 12.7. The summed E-state index contributed by atoms with van der Waals surface area (Å²) in [5, 5.41) is 2.98. The van der Waals surface area contributed by atoms with Gasteiger partial charge in [-0.3, -0.25) is 9.59 Å². The van der Waals surface area contributed by atoms with E-state index < -0.39 is 5.97 Å². The Balaban J connectivity index is 2.36. The monoisotopic (exact) mass is 313 g/mol. The lowest BCUT2D eigenvalue weighted by Gasteiger charge is -2.17. The summed E-state index contributed by atoms with van der Waals surface area (Å²) >= 11 is 1.22. The van der Waals surface area contributed by atoms with Crippen LogP contribution in [0.2, 0.25) is 0 Å². The molecule has 0 aliphatic heterocycles. The number of hydrogen-bond acceptors (Lipinski definition) is 6. The molecule has 0 radical (unpaired) electrons. The molecule has 1 aromatic heterocycles. The largest absolute Gasteiger partial charge is 0.370 e. The first-order chi connectivity index (χ1) is 10.0. The Morgan fingerprint density at radius 2 is 1.90 bits per heavy atom. The lowest BCUT2D eigenvalue weighted by Crippen LogP contribution is -2.32. The molecule has 0 saturated heterocycles. The number of anilines is 1. The highest BCUT2D eigenvalue weighted by Gasteiger charge is 2.21. The SMILES string of the molecule is CC(=O)ON(C(=O)CCCCCCC(N)=O)c1nccs1. The van der Waals surface area contributed by atoms with Crippen molar-refractivity contribution >= 4 is 34.3 Å². The third-order valence-corrected chi connectivity index (χ3v) is 3.34. The predicted molar refractivity (Wildman–Crippen MR) is 78.3 cm³/mol. The molecule has 1 aromatic rings. The van der Waals surface area contributed by atoms with Gasteiger partial charge in [-0.1, -0.05) is 12.8 Å². The number of carbonyl (C=O) groups is 3. The number of unbranched alkanes of at least 4 members (excludes halogenated alkanes) is 3. The average Bonchev–Trinajstić information content (AvgIpc) is 2.93. The molecule has 0 aliphatic carbocycles. The molecular weight excluding hydrogens is 294 g/mol. The van der Waals surface area contributed by atoms with Gasteiger partial charge in [0.15, 0.2) is 0 Å². The molecule has 7 nitrogen and oxygen atoms in total. The molecule has 0 aromatic carbocycles. The van der Waals surface area contributed by atoms with Gasteiger partial charge in [0.05, 0.1) is 0 Å². The molecule has 0 bridgehead atoms. The molecule has 0 aliphatic rings. The second-order valence-corrected chi connectivity index (χ2v) is 5.34. The summed E-state index contributed by atoms with van der Waals surface area (Å²) in [6.07, 6.45) is 5.18. The van der Waals surface area contributed by atoms with Crippen molar-refractivity contribution in [2.75, 3.05) is 5.06 Å². The molecule has 0 saturated carbocycles. The third-order valence-electron chi connectivity index (χ3n) is 2.60. The number of hydrogen-bond donors (Lipinski definition) is 1. The van der Waals surface area contributed by atoms with E-state index in [1.54, 1.807) is 5.38 Å². The number of nitrogens with two attached hydrogens (primary N) is 1. The van der Waals surface area contributed by atoms with Crippen LogP contribution in [0.3, 0.4) is 0 Å². The van der Waals surface area contributed by atoms with Crippen LogP contribution in [0.25, 0.3) is 0 Å². The Morgan fingerprint density at radius 3 is 2.43 bits per heavy atom. The van der Waals surface area contributed by atoms with Crippen molar-refractivity contribution in [1.82, 2.24) is 4.98 Å². The van der Waals surface area contributed by atoms with Gasteiger partial charge < -0.3 is 10.6 Å². The number of nitrogens with zero attached hydrogens (tertiary/aromatic N) is 2. The van der Waals surface area contributed by atoms with Crippen molar-refractivity contribution in [3.05, 3.63) is 11.6 Å². The van der Waals surface area contributed by atoms with E-state index in [4.69, 9.17) is 10.6 Å². The fourth-order valence-electron chi connectivity index (χ4n) is 1.67. The van der Waals surface area contributed by atoms with Crippen LogP contribution in [0.15, 0.2) is 11.6 Å². The minimum absolute atomic E-state index is 0.253. The fourth-order valence-corrected chi connectivity index (χ4v) is 2.27. The van der Waals surface area contributed by atoms with Crippen molar-refractivity contribution in [3.8, 4) is 0 Å². The molecule has 2 N–H and O–H groups in total. The lowest BCUT2D eigenvalue weighted by molar-refractivity contribution is -0.148. The van der Waals surface area contributed by atoms with E-state index in [1.165, 1.54) is 24.5 Å². The normalized spacial score (nSPS) is 10.1. The van der Waals surface area contributed by atoms with Crippen molar-refractivity contribution in [2.24, 2.45) is 5.73 Å². The number of primary amides is 1. The molecule has 1 rings (SSSR count). The average molecular weight is 313 g/mol. The molecule has 0 spiro atoms. The van der Waals surface area contributed by atoms with Crippen LogP contribution in [0, 0.1) is 0 Å². The highest BCUT2D eigenvalue weighted by Crippen LogP contribution is 2.19. The van der Waals surface area contributed by atoms with Gasteiger partial charge >= 0.3 is 5.97 Å². The quantitative estimate of drug-likeness (QED) is 0.582. The third kappa shape index (κ3) is 6.84. The van der Waals surface area contributed by atoms with Crippen LogP contribution in [0.1, 0.15) is 45.4 Å². The van der Waals surface area contributed by atoms with Crippen LogP contribution in [-0.2, 0) is 19.2 Å². The molecule has 0 atom stereocenters. The summed E-state index contributed by atoms with van der Waals surface area (Å²) in [7, 11) is 0. The van der Waals surface area contributed by atoms with Crippen molar-refractivity contribution < 1.29 is 19.2 Å². The fraction of sp³-hybridized carbons (Fsp3) is 0.538. The standard InChI is InChI=1S/C13H19N3O4S/c1-10(17)20-16(13-15-8-9-21-13)12(19)7-5-3-2-4-6-11(14)18/h8-9H,2-7H2,1H3,(H2,14,18). The van der Waals surface area contributed by atoms with E-state index in [2.05, 4.69) is 4.98 Å². The maximum Gasteiger partial charge on any atom is 0.330 e. The van der Waals surface area contributed by atoms with Gasteiger partial charge in [-0.25, -0.2) is 9.78 Å². The number of carbonyl (C=O) groups excluding carboxylic acids is 3. The van der Waals surface area contributed by atoms with Gasteiger partial charge in [-0.15, -0.1) is 16.4 Å². The minimum Gasteiger partial charge on any atom is -0.370 e. The number of thiazole rings is 1. The second kappa shape index (κ2) is 9.06. The van der Waals surface area contributed by atoms with Crippen LogP contribution in [-0.4, -0.2) is 22.8 Å². The van der Waals surface area contributed by atoms with Crippen LogP contribution in [0.5, 0.6) is 0 Å². The zero-order chi connectivity index (χ0) is 15.7. The first-order valence-corrected chi connectivity index (χ1v) is 7.58. The number of aromatic nitrogens is 1. The summed E-state index contributed by atoms with van der Waals surface area (Å²) in [6, 6.07) is 0. The zero-order valence-electron chi connectivity index (χ0n) is 11.9. The topological polar surface area (TPSA) is 103 Å². The number of rotatable bonds is 8. The molecule has 8 heteroatoms. The van der Waals surface area contributed by atoms with E-state index in [9.17, 15) is 14.4 Å². The molecule has 0 unspecified atom stereocenters. The molecular formula is C13H19N3O4S. The van der Waals surface area contributed by atoms with Gasteiger partial charge in [0.2, 0.25) is 11.0 Å². The highest BCUT2D eigenvalue weighted by molar-refractivity contribution is 7.13. The highest BCUT2D eigenvalue weighted by atomic mass is 32.1. The first-order valence-electron chi connectivity index (χ1n) is 6.70. The number of hydroxylamine groups is 1. The van der Waals surface area contributed by atoms with Gasteiger partial charge in [-0.2, -0.15) is 0 Å². The van der Waals surface area contributed by atoms with Gasteiger partial charge in [0, 0.05) is 31.3 Å². The van der Waals surface area contributed by atoms with Crippen molar-refractivity contribution in [3.63, 3.8) is 0 Å². The molecule has 21 heavy (non-hydrogen) atoms. The van der Waals surface area contributed by atoms with E-state index >= 15 is 0 Å². The Hall–Kier alpha value is -1.96. The summed E-state index contributed by atoms with van der Waals surface area (Å²) in [5.74, 6) is -1.19. The maximum absolute atomic E-state index is 12.1. The predicted octanol–water partition coefficient (Wildman–Crippen LogP) is 1.78. The van der Waals surface area contributed by atoms with E-state index in [0.29, 0.717) is 18.0 Å². The summed E-state index contributed by atoms with van der Waals surface area (Å²) < 4.78 is 0. The van der Waals surface area contributed by atoms with Gasteiger partial charge in [-0.05, 0) is 12.8 Å². The lowest BCUT2D eigenvalue weighted by atomic mass is 10.1. The molecule has 116 valence electrons. The van der Waals surface area contributed by atoms with Crippen molar-refractivity contribution in [2.45, 2.75) is 45.4 Å². The smallest absolute Gasteiger partial charge is 0.330 e. The maximum atomic E-state index is 12.1. The summed E-state index contributed by atoms with van der Waals surface area (Å²) in [6.45, 7) is 1.23. The number of amides is 2. The van der Waals surface area contributed by atoms with E-state index in [-0.39, 0.29) is 18.2 Å². The van der Waals surface area contributed by atoms with Crippen molar-refractivity contribution in [1.29, 1.82) is 0 Å². The minimum atomic E-state index is -0.569. The van der Waals surface area contributed by atoms with Gasteiger partial charge in [0.25, 0.3) is 5.91 Å². The Labute approximate surface area is 127 Å². The Bertz CT molecular complexity index is 476. The summed E-state index contributed by atoms with van der Waals surface area (Å²) in [4.78, 5) is 42.5. The molecule has 2 amide bonds. The van der Waals surface area contributed by atoms with Crippen LogP contribution < -0.4 is 10.8 Å². The Kier molecular flexibility index (Phi) is 7.38. The second-order valence-electron chi connectivity index (χ2n) is 4.47. The Morgan fingerprint density at radius 1 is 1.24 bits per heavy atom. The van der Waals surface area contributed by atoms with E-state index in [0.717, 1.165) is 24.3 Å². The molecule has 1 heterocycles. The first kappa shape index (κ1) is 17.1. The van der Waals surface area contributed by atoms with E-state index in [1.807, 2.05) is 0 Å². The molecule has 0 fully saturated rings. The summed E-state index contributed by atoms with van der Waals surface area (Å²) in [5.41, 5.74) is 5.04. The van der Waals surface area contributed by atoms with Crippen LogP contribution >= 0.6 is 11.3 Å². The van der Waals surface area contributed by atoms with Gasteiger partial charge in [0.1, 0.15) is 0 Å².